The molecule has 3 rings (SSSR count). The van der Waals surface area contributed by atoms with Gasteiger partial charge in [0, 0.05) is 19.1 Å². The van der Waals surface area contributed by atoms with E-state index in [1.165, 1.54) is 25.7 Å². The Morgan fingerprint density at radius 1 is 1.14 bits per heavy atom. The van der Waals surface area contributed by atoms with E-state index in [9.17, 15) is 9.59 Å². The van der Waals surface area contributed by atoms with E-state index in [2.05, 4.69) is 5.32 Å². The largest absolute Gasteiger partial charge is 0.466 e. The molecule has 1 N–H and O–H groups in total. The minimum atomic E-state index is -0.0976. The molecule has 1 amide bonds. The van der Waals surface area contributed by atoms with Gasteiger partial charge in [-0.15, -0.1) is 0 Å². The fourth-order valence-corrected chi connectivity index (χ4v) is 4.33. The summed E-state index contributed by atoms with van der Waals surface area (Å²) in [6, 6.07) is 0.562. The predicted molar refractivity (Wildman–Crippen MR) is 83.2 cm³/mol. The summed E-state index contributed by atoms with van der Waals surface area (Å²) in [5.74, 6) is 0.819. The van der Waals surface area contributed by atoms with Gasteiger partial charge in [-0.3, -0.25) is 9.59 Å². The van der Waals surface area contributed by atoms with Crippen LogP contribution in [0, 0.1) is 11.8 Å². The number of esters is 1. The fraction of sp³-hybridized carbons (Fsp3) is 0.882. The number of hydrogen-bond donors (Lipinski definition) is 1. The van der Waals surface area contributed by atoms with Crippen molar-refractivity contribution in [2.24, 2.45) is 11.8 Å². The Bertz CT molecular complexity index is 404. The number of piperidine rings is 1. The monoisotopic (exact) mass is 308 g/mol. The van der Waals surface area contributed by atoms with Crippen LogP contribution in [0.1, 0.15) is 51.9 Å². The molecule has 0 aromatic heterocycles. The maximum absolute atomic E-state index is 12.7. The summed E-state index contributed by atoms with van der Waals surface area (Å²) in [6.45, 7) is 3.65. The minimum absolute atomic E-state index is 0.00671. The number of likely N-dealkylation sites (tertiary alicyclic amines) is 1. The topological polar surface area (TPSA) is 58.6 Å². The van der Waals surface area contributed by atoms with Gasteiger partial charge in [0.05, 0.1) is 18.6 Å². The van der Waals surface area contributed by atoms with E-state index < -0.39 is 0 Å². The van der Waals surface area contributed by atoms with Crippen molar-refractivity contribution in [3.8, 4) is 0 Å². The van der Waals surface area contributed by atoms with Crippen LogP contribution in [0.3, 0.4) is 0 Å². The lowest BCUT2D eigenvalue weighted by molar-refractivity contribution is -0.151. The molecule has 0 radical (unpaired) electrons. The molecule has 2 aliphatic heterocycles. The number of fused-ring (bicyclic) bond motifs is 1. The van der Waals surface area contributed by atoms with Gasteiger partial charge in [-0.2, -0.15) is 0 Å². The van der Waals surface area contributed by atoms with Gasteiger partial charge in [-0.05, 0) is 44.9 Å². The standard InChI is InChI=1S/C17H28N2O3/c1-2-22-17(21)12-7-9-19(10-8-12)16(20)15-11-13-5-3-4-6-14(13)18-15/h12-15,18H,2-11H2,1H3. The third kappa shape index (κ3) is 3.29. The van der Waals surface area contributed by atoms with E-state index in [4.69, 9.17) is 4.74 Å². The van der Waals surface area contributed by atoms with Crippen LogP contribution < -0.4 is 5.32 Å². The molecule has 5 heteroatoms. The average Bonchev–Trinajstić information content (AvgIpc) is 2.98. The predicted octanol–water partition coefficient (Wildman–Crippen LogP) is 1.71. The molecule has 0 bridgehead atoms. The molecule has 3 unspecified atom stereocenters. The first kappa shape index (κ1) is 15.8. The lowest BCUT2D eigenvalue weighted by atomic mass is 9.85. The quantitative estimate of drug-likeness (QED) is 0.806. The molecule has 124 valence electrons. The Morgan fingerprint density at radius 2 is 1.86 bits per heavy atom. The second-order valence-corrected chi connectivity index (χ2v) is 6.96. The summed E-state index contributed by atoms with van der Waals surface area (Å²) >= 11 is 0. The van der Waals surface area contributed by atoms with E-state index >= 15 is 0 Å². The Morgan fingerprint density at radius 3 is 2.55 bits per heavy atom. The zero-order valence-corrected chi connectivity index (χ0v) is 13.6. The SMILES string of the molecule is CCOC(=O)C1CCN(C(=O)C2CC3CCCCC3N2)CC1. The Labute approximate surface area is 132 Å². The third-order valence-electron chi connectivity index (χ3n) is 5.59. The molecule has 22 heavy (non-hydrogen) atoms. The first-order valence-electron chi connectivity index (χ1n) is 8.90. The van der Waals surface area contributed by atoms with Crippen molar-refractivity contribution >= 4 is 11.9 Å². The number of hydrogen-bond acceptors (Lipinski definition) is 4. The van der Waals surface area contributed by atoms with Crippen LogP contribution in [0.2, 0.25) is 0 Å². The highest BCUT2D eigenvalue weighted by molar-refractivity contribution is 5.83. The van der Waals surface area contributed by atoms with Gasteiger partial charge in [0.2, 0.25) is 5.91 Å². The zero-order valence-electron chi connectivity index (χ0n) is 13.6. The lowest BCUT2D eigenvalue weighted by Gasteiger charge is -2.32. The normalized spacial score (nSPS) is 32.6. The van der Waals surface area contributed by atoms with Gasteiger partial charge in [0.15, 0.2) is 0 Å². The molecule has 3 atom stereocenters. The molecule has 1 aliphatic carbocycles. The van der Waals surface area contributed by atoms with Gasteiger partial charge in [0.25, 0.3) is 0 Å². The van der Waals surface area contributed by atoms with Gasteiger partial charge >= 0.3 is 5.97 Å². The number of rotatable bonds is 3. The number of amides is 1. The molecular weight excluding hydrogens is 280 g/mol. The molecule has 0 aromatic carbocycles. The smallest absolute Gasteiger partial charge is 0.309 e. The fourth-order valence-electron chi connectivity index (χ4n) is 4.33. The molecule has 2 heterocycles. The molecule has 3 fully saturated rings. The molecule has 5 nitrogen and oxygen atoms in total. The average molecular weight is 308 g/mol. The van der Waals surface area contributed by atoms with E-state index in [0.717, 1.165) is 19.3 Å². The van der Waals surface area contributed by atoms with Crippen molar-refractivity contribution in [1.82, 2.24) is 10.2 Å². The summed E-state index contributed by atoms with van der Waals surface area (Å²) in [7, 11) is 0. The molecule has 3 aliphatic rings. The highest BCUT2D eigenvalue weighted by atomic mass is 16.5. The van der Waals surface area contributed by atoms with Crippen LogP contribution in [0.5, 0.6) is 0 Å². The van der Waals surface area contributed by atoms with Gasteiger partial charge < -0.3 is 15.0 Å². The van der Waals surface area contributed by atoms with Crippen molar-refractivity contribution in [3.63, 3.8) is 0 Å². The molecule has 0 aromatic rings. The molecule has 2 saturated heterocycles. The Balaban J connectivity index is 1.49. The van der Waals surface area contributed by atoms with E-state index in [1.54, 1.807) is 0 Å². The zero-order chi connectivity index (χ0) is 15.5. The number of nitrogens with zero attached hydrogens (tertiary/aromatic N) is 1. The first-order valence-corrected chi connectivity index (χ1v) is 8.90. The molecule has 0 spiro atoms. The number of ether oxygens (including phenoxy) is 1. The second-order valence-electron chi connectivity index (χ2n) is 6.96. The second kappa shape index (κ2) is 6.99. The van der Waals surface area contributed by atoms with Crippen molar-refractivity contribution in [2.45, 2.75) is 64.0 Å². The van der Waals surface area contributed by atoms with Crippen molar-refractivity contribution in [3.05, 3.63) is 0 Å². The van der Waals surface area contributed by atoms with Gasteiger partial charge in [-0.25, -0.2) is 0 Å². The van der Waals surface area contributed by atoms with E-state index in [-0.39, 0.29) is 23.8 Å². The first-order chi connectivity index (χ1) is 10.7. The summed E-state index contributed by atoms with van der Waals surface area (Å²) in [5.41, 5.74) is 0. The molecule has 1 saturated carbocycles. The number of carbonyl (C=O) groups is 2. The van der Waals surface area contributed by atoms with Crippen molar-refractivity contribution < 1.29 is 14.3 Å². The number of carbonyl (C=O) groups excluding carboxylic acids is 2. The summed E-state index contributed by atoms with van der Waals surface area (Å²) in [4.78, 5) is 26.4. The van der Waals surface area contributed by atoms with Gasteiger partial charge in [-0.1, -0.05) is 12.8 Å². The van der Waals surface area contributed by atoms with Crippen molar-refractivity contribution in [1.29, 1.82) is 0 Å². The van der Waals surface area contributed by atoms with Crippen LogP contribution in [-0.4, -0.2) is 48.6 Å². The Kier molecular flexibility index (Phi) is 5.01. The number of nitrogens with one attached hydrogen (secondary N) is 1. The summed E-state index contributed by atoms with van der Waals surface area (Å²) in [6.07, 6.45) is 7.58. The maximum Gasteiger partial charge on any atom is 0.309 e. The summed E-state index contributed by atoms with van der Waals surface area (Å²) in [5, 5.41) is 3.56. The minimum Gasteiger partial charge on any atom is -0.466 e. The maximum atomic E-state index is 12.7. The van der Waals surface area contributed by atoms with Crippen molar-refractivity contribution in [2.75, 3.05) is 19.7 Å². The van der Waals surface area contributed by atoms with E-state index in [0.29, 0.717) is 31.7 Å². The summed E-state index contributed by atoms with van der Waals surface area (Å²) < 4.78 is 5.09. The highest BCUT2D eigenvalue weighted by Gasteiger charge is 2.40. The van der Waals surface area contributed by atoms with Crippen LogP contribution in [-0.2, 0) is 14.3 Å². The molecular formula is C17H28N2O3. The van der Waals surface area contributed by atoms with Crippen LogP contribution >= 0.6 is 0 Å². The van der Waals surface area contributed by atoms with E-state index in [1.807, 2.05) is 11.8 Å². The van der Waals surface area contributed by atoms with Gasteiger partial charge in [0.1, 0.15) is 0 Å². The lowest BCUT2D eigenvalue weighted by Crippen LogP contribution is -2.49. The Hall–Kier alpha value is -1.10. The highest BCUT2D eigenvalue weighted by Crippen LogP contribution is 2.34. The van der Waals surface area contributed by atoms with Crippen LogP contribution in [0.25, 0.3) is 0 Å². The third-order valence-corrected chi connectivity index (χ3v) is 5.59. The van der Waals surface area contributed by atoms with Crippen LogP contribution in [0.4, 0.5) is 0 Å². The van der Waals surface area contributed by atoms with Crippen LogP contribution in [0.15, 0.2) is 0 Å².